The molecule has 0 N–H and O–H groups in total. The maximum atomic E-state index is 13.5. The van der Waals surface area contributed by atoms with Gasteiger partial charge in [-0.3, -0.25) is 4.79 Å². The number of aromatic nitrogens is 1. The lowest BCUT2D eigenvalue weighted by Crippen LogP contribution is -2.10. The molecule has 1 heterocycles. The number of rotatable bonds is 6. The van der Waals surface area contributed by atoms with Gasteiger partial charge in [-0.15, -0.1) is 0 Å². The van der Waals surface area contributed by atoms with Crippen molar-refractivity contribution in [3.63, 3.8) is 0 Å². The third kappa shape index (κ3) is 5.34. The Labute approximate surface area is 313 Å². The zero-order valence-corrected chi connectivity index (χ0v) is 29.4. The summed E-state index contributed by atoms with van der Waals surface area (Å²) < 4.78 is 2.20. The van der Waals surface area contributed by atoms with Gasteiger partial charge in [-0.2, -0.15) is 0 Å². The Balaban J connectivity index is 1.11. The molecule has 3 heteroatoms. The molecule has 0 aliphatic heterocycles. The average molecular weight is 691 g/mol. The third-order valence-corrected chi connectivity index (χ3v) is 10.6. The van der Waals surface area contributed by atoms with Gasteiger partial charge in [0.25, 0.3) is 0 Å². The summed E-state index contributed by atoms with van der Waals surface area (Å²) in [5.41, 5.74) is 10.7. The van der Waals surface area contributed by atoms with Crippen LogP contribution in [0.25, 0.3) is 71.3 Å². The summed E-state index contributed by atoms with van der Waals surface area (Å²) in [6.45, 7) is 0. The molecule has 254 valence electrons. The first-order chi connectivity index (χ1) is 26.7. The number of anilines is 3. The van der Waals surface area contributed by atoms with Crippen LogP contribution in [0.2, 0.25) is 0 Å². The molecule has 10 aromatic rings. The molecule has 0 saturated heterocycles. The van der Waals surface area contributed by atoms with Crippen LogP contribution in [0, 0.1) is 0 Å². The van der Waals surface area contributed by atoms with Gasteiger partial charge in [-0.25, -0.2) is 0 Å². The van der Waals surface area contributed by atoms with E-state index < -0.39 is 0 Å². The Kier molecular flexibility index (Phi) is 7.63. The highest BCUT2D eigenvalue weighted by Gasteiger charge is 2.18. The van der Waals surface area contributed by atoms with Crippen LogP contribution in [0.4, 0.5) is 17.1 Å². The minimum absolute atomic E-state index is 0.0580. The van der Waals surface area contributed by atoms with Gasteiger partial charge >= 0.3 is 0 Å². The van der Waals surface area contributed by atoms with Gasteiger partial charge in [-0.05, 0) is 105 Å². The number of pyridine rings is 1. The average Bonchev–Trinajstić information content (AvgIpc) is 3.25. The van der Waals surface area contributed by atoms with E-state index in [1.54, 1.807) is 0 Å². The molecule has 0 bridgehead atoms. The fourth-order valence-corrected chi connectivity index (χ4v) is 7.98. The molecule has 3 nitrogen and oxygen atoms in total. The standard InChI is InChI=1S/C51H34N2O/c54-51-46-21-8-10-23-48(46)53(49-24-11-9-22-47(49)51)42-17-12-16-38(33-42)37-27-31-41(32-28-37)52(40-29-25-36(26-30-40)35-13-2-1-3-14-35)50-34-39-15-4-5-18-43(39)44-19-6-7-20-45(44)50/h1-34H. The van der Waals surface area contributed by atoms with Crippen LogP contribution in [0.15, 0.2) is 211 Å². The van der Waals surface area contributed by atoms with Crippen LogP contribution in [0.3, 0.4) is 0 Å². The predicted octanol–water partition coefficient (Wildman–Crippen LogP) is 13.3. The van der Waals surface area contributed by atoms with Crippen LogP contribution in [0.1, 0.15) is 0 Å². The van der Waals surface area contributed by atoms with Crippen LogP contribution in [-0.4, -0.2) is 4.57 Å². The monoisotopic (exact) mass is 690 g/mol. The second kappa shape index (κ2) is 13.1. The number of para-hydroxylation sites is 2. The van der Waals surface area contributed by atoms with Gasteiger partial charge in [0.05, 0.1) is 16.7 Å². The van der Waals surface area contributed by atoms with E-state index >= 15 is 0 Å². The molecular weight excluding hydrogens is 657 g/mol. The molecule has 0 unspecified atom stereocenters. The quantitative estimate of drug-likeness (QED) is 0.128. The number of hydrogen-bond acceptors (Lipinski definition) is 2. The van der Waals surface area contributed by atoms with Crippen LogP contribution in [-0.2, 0) is 0 Å². The summed E-state index contributed by atoms with van der Waals surface area (Å²) in [6.07, 6.45) is 0. The molecule has 0 saturated carbocycles. The van der Waals surface area contributed by atoms with E-state index in [9.17, 15) is 4.79 Å². The van der Waals surface area contributed by atoms with Crippen molar-refractivity contribution in [3.05, 3.63) is 216 Å². The van der Waals surface area contributed by atoms with E-state index in [1.165, 1.54) is 32.7 Å². The fourth-order valence-electron chi connectivity index (χ4n) is 7.98. The predicted molar refractivity (Wildman–Crippen MR) is 228 cm³/mol. The Morgan fingerprint density at radius 1 is 0.352 bits per heavy atom. The highest BCUT2D eigenvalue weighted by molar-refractivity contribution is 6.14. The largest absolute Gasteiger partial charge is 0.310 e. The number of nitrogens with zero attached hydrogens (tertiary/aromatic N) is 2. The van der Waals surface area contributed by atoms with Crippen molar-refractivity contribution < 1.29 is 0 Å². The fraction of sp³-hybridized carbons (Fsp3) is 0. The van der Waals surface area contributed by atoms with E-state index in [0.717, 1.165) is 44.9 Å². The lowest BCUT2D eigenvalue weighted by Gasteiger charge is -2.28. The van der Waals surface area contributed by atoms with Crippen molar-refractivity contribution in [1.29, 1.82) is 0 Å². The van der Waals surface area contributed by atoms with Crippen molar-refractivity contribution in [2.24, 2.45) is 0 Å². The van der Waals surface area contributed by atoms with Gasteiger partial charge in [-0.1, -0.05) is 140 Å². The van der Waals surface area contributed by atoms with Gasteiger partial charge < -0.3 is 9.47 Å². The Hall–Kier alpha value is -7.23. The molecule has 0 spiro atoms. The molecule has 54 heavy (non-hydrogen) atoms. The van der Waals surface area contributed by atoms with Gasteiger partial charge in [0.1, 0.15) is 0 Å². The van der Waals surface area contributed by atoms with Crippen molar-refractivity contribution in [3.8, 4) is 27.9 Å². The second-order valence-corrected chi connectivity index (χ2v) is 13.7. The van der Waals surface area contributed by atoms with E-state index in [0.29, 0.717) is 10.8 Å². The maximum Gasteiger partial charge on any atom is 0.197 e. The maximum absolute atomic E-state index is 13.5. The lowest BCUT2D eigenvalue weighted by molar-refractivity contribution is 1.16. The normalized spacial score (nSPS) is 11.4. The molecule has 1 aromatic heterocycles. The highest BCUT2D eigenvalue weighted by atomic mass is 16.1. The van der Waals surface area contributed by atoms with Crippen LogP contribution >= 0.6 is 0 Å². The smallest absolute Gasteiger partial charge is 0.197 e. The van der Waals surface area contributed by atoms with Gasteiger partial charge in [0, 0.05) is 33.2 Å². The number of fused-ring (bicyclic) bond motifs is 5. The van der Waals surface area contributed by atoms with Gasteiger partial charge in [0.2, 0.25) is 0 Å². The molecule has 0 atom stereocenters. The molecule has 0 aliphatic rings. The molecule has 9 aromatic carbocycles. The molecule has 0 fully saturated rings. The lowest BCUT2D eigenvalue weighted by atomic mass is 9.98. The van der Waals surface area contributed by atoms with E-state index in [1.807, 2.05) is 48.5 Å². The minimum atomic E-state index is 0.0580. The summed E-state index contributed by atoms with van der Waals surface area (Å²) in [5.74, 6) is 0. The second-order valence-electron chi connectivity index (χ2n) is 13.7. The van der Waals surface area contributed by atoms with Crippen LogP contribution < -0.4 is 10.3 Å². The van der Waals surface area contributed by atoms with E-state index in [4.69, 9.17) is 0 Å². The van der Waals surface area contributed by atoms with E-state index in [-0.39, 0.29) is 5.43 Å². The summed E-state index contributed by atoms with van der Waals surface area (Å²) in [4.78, 5) is 15.8. The molecule has 0 amide bonds. The van der Waals surface area contributed by atoms with E-state index in [2.05, 4.69) is 167 Å². The van der Waals surface area contributed by atoms with Crippen molar-refractivity contribution in [2.45, 2.75) is 0 Å². The zero-order valence-electron chi connectivity index (χ0n) is 29.4. The Morgan fingerprint density at radius 3 is 1.48 bits per heavy atom. The highest BCUT2D eigenvalue weighted by Crippen LogP contribution is 2.43. The first kappa shape index (κ1) is 31.5. The van der Waals surface area contributed by atoms with Crippen molar-refractivity contribution in [2.75, 3.05) is 4.90 Å². The number of benzene rings is 9. The first-order valence-electron chi connectivity index (χ1n) is 18.3. The summed E-state index contributed by atoms with van der Waals surface area (Å²) in [7, 11) is 0. The van der Waals surface area contributed by atoms with Crippen molar-refractivity contribution >= 4 is 60.4 Å². The summed E-state index contributed by atoms with van der Waals surface area (Å²) in [5, 5.41) is 6.30. The molecule has 0 aliphatic carbocycles. The SMILES string of the molecule is O=c1c2ccccc2n(-c2cccc(-c3ccc(N(c4ccc(-c5ccccc5)cc4)c4cc5ccccc5c5ccccc45)cc3)c2)c2ccccc12. The van der Waals surface area contributed by atoms with Crippen molar-refractivity contribution in [1.82, 2.24) is 4.57 Å². The zero-order chi connectivity index (χ0) is 36.0. The Bertz CT molecular complexity index is 2990. The van der Waals surface area contributed by atoms with Crippen LogP contribution in [0.5, 0.6) is 0 Å². The number of hydrogen-bond donors (Lipinski definition) is 0. The first-order valence-corrected chi connectivity index (χ1v) is 18.3. The minimum Gasteiger partial charge on any atom is -0.310 e. The third-order valence-electron chi connectivity index (χ3n) is 10.6. The Morgan fingerprint density at radius 2 is 0.833 bits per heavy atom. The van der Waals surface area contributed by atoms with Gasteiger partial charge in [0.15, 0.2) is 5.43 Å². The molecular formula is C51H34N2O. The summed E-state index contributed by atoms with van der Waals surface area (Å²) in [6, 6.07) is 72.3. The summed E-state index contributed by atoms with van der Waals surface area (Å²) >= 11 is 0. The molecule has 10 rings (SSSR count). The topological polar surface area (TPSA) is 25.2 Å². The molecule has 0 radical (unpaired) electrons.